The standard InChI is InChI=1S/C31H31ClN6O4/c32-24-18-33-26-17-21(8-11-23(24)26)30(41)34-25-12-16-37(31(42)36-13-3-4-14-36)19-27(25)35-29(40)20-6-9-22(10-7-20)38-15-2-1-5-28(38)39/h1-2,5-11,15,17-18,25,27,33H,3-4,12-14,16,19H2,(H,34,41)(H,35,40)/t25-,27+/m1/s1. The maximum atomic E-state index is 13.4. The van der Waals surface area contributed by atoms with Crippen molar-refractivity contribution in [2.24, 2.45) is 0 Å². The fourth-order valence-electron chi connectivity index (χ4n) is 5.70. The lowest BCUT2D eigenvalue weighted by molar-refractivity contribution is 0.0812. The molecular formula is C31H31ClN6O4. The number of benzene rings is 2. The number of likely N-dealkylation sites (tertiary alicyclic amines) is 2. The number of halogens is 1. The van der Waals surface area contributed by atoms with E-state index >= 15 is 0 Å². The Morgan fingerprint density at radius 2 is 1.55 bits per heavy atom. The molecule has 2 aliphatic rings. The molecule has 0 aliphatic carbocycles. The normalized spacial score (nSPS) is 18.7. The van der Waals surface area contributed by atoms with Crippen LogP contribution in [0.5, 0.6) is 0 Å². The van der Waals surface area contributed by atoms with Gasteiger partial charge in [0.25, 0.3) is 17.4 Å². The number of amides is 4. The largest absolute Gasteiger partial charge is 0.360 e. The molecule has 2 atom stereocenters. The number of pyridine rings is 1. The van der Waals surface area contributed by atoms with Crippen molar-refractivity contribution in [3.63, 3.8) is 0 Å². The molecule has 4 amide bonds. The van der Waals surface area contributed by atoms with Crippen LogP contribution in [0.25, 0.3) is 16.6 Å². The number of nitrogens with one attached hydrogen (secondary N) is 3. The van der Waals surface area contributed by atoms with Gasteiger partial charge in [-0.2, -0.15) is 0 Å². The van der Waals surface area contributed by atoms with E-state index < -0.39 is 12.1 Å². The monoisotopic (exact) mass is 586 g/mol. The summed E-state index contributed by atoms with van der Waals surface area (Å²) in [5, 5.41) is 7.56. The summed E-state index contributed by atoms with van der Waals surface area (Å²) in [5.74, 6) is -0.604. The van der Waals surface area contributed by atoms with Gasteiger partial charge in [0, 0.05) is 72.4 Å². The smallest absolute Gasteiger partial charge is 0.320 e. The van der Waals surface area contributed by atoms with Crippen molar-refractivity contribution in [2.75, 3.05) is 26.2 Å². The topological polar surface area (TPSA) is 120 Å². The number of aromatic amines is 1. The van der Waals surface area contributed by atoms with E-state index in [-0.39, 0.29) is 29.9 Å². The fourth-order valence-corrected chi connectivity index (χ4v) is 5.92. The number of urea groups is 1. The van der Waals surface area contributed by atoms with Crippen molar-refractivity contribution >= 4 is 40.3 Å². The average Bonchev–Trinajstić information content (AvgIpc) is 3.68. The predicted molar refractivity (Wildman–Crippen MR) is 160 cm³/mol. The van der Waals surface area contributed by atoms with Crippen LogP contribution in [0.1, 0.15) is 40.0 Å². The van der Waals surface area contributed by atoms with Gasteiger partial charge in [-0.3, -0.25) is 19.0 Å². The highest BCUT2D eigenvalue weighted by atomic mass is 35.5. The molecule has 4 aromatic rings. The molecule has 42 heavy (non-hydrogen) atoms. The molecule has 2 aromatic heterocycles. The van der Waals surface area contributed by atoms with Crippen LogP contribution in [0.2, 0.25) is 5.02 Å². The summed E-state index contributed by atoms with van der Waals surface area (Å²) in [6.07, 6.45) is 5.81. The Labute approximate surface area is 247 Å². The van der Waals surface area contributed by atoms with Crippen LogP contribution in [0.15, 0.2) is 77.9 Å². The minimum absolute atomic E-state index is 0.0387. The molecule has 2 fully saturated rings. The molecule has 4 heterocycles. The van der Waals surface area contributed by atoms with E-state index in [9.17, 15) is 19.2 Å². The Bertz CT molecular complexity index is 1690. The van der Waals surface area contributed by atoms with Crippen molar-refractivity contribution in [1.82, 2.24) is 30.0 Å². The first kappa shape index (κ1) is 27.6. The summed E-state index contributed by atoms with van der Waals surface area (Å²) < 4.78 is 1.49. The van der Waals surface area contributed by atoms with E-state index in [4.69, 9.17) is 11.6 Å². The third-order valence-electron chi connectivity index (χ3n) is 8.02. The zero-order valence-corrected chi connectivity index (χ0v) is 23.6. The zero-order valence-electron chi connectivity index (χ0n) is 22.9. The summed E-state index contributed by atoms with van der Waals surface area (Å²) in [5.41, 5.74) is 2.10. The van der Waals surface area contributed by atoms with Gasteiger partial charge in [-0.05, 0) is 61.7 Å². The second kappa shape index (κ2) is 11.7. The van der Waals surface area contributed by atoms with Crippen LogP contribution >= 0.6 is 11.6 Å². The molecule has 3 N–H and O–H groups in total. The van der Waals surface area contributed by atoms with Crippen molar-refractivity contribution in [3.05, 3.63) is 99.6 Å². The van der Waals surface area contributed by atoms with E-state index in [2.05, 4.69) is 15.6 Å². The van der Waals surface area contributed by atoms with Crippen LogP contribution in [0.3, 0.4) is 0 Å². The van der Waals surface area contributed by atoms with Crippen molar-refractivity contribution < 1.29 is 14.4 Å². The number of rotatable bonds is 5. The first-order valence-electron chi connectivity index (χ1n) is 14.1. The highest BCUT2D eigenvalue weighted by Crippen LogP contribution is 2.24. The number of fused-ring (bicyclic) bond motifs is 1. The molecule has 0 spiro atoms. The van der Waals surface area contributed by atoms with E-state index in [0.29, 0.717) is 34.8 Å². The number of hydrogen-bond donors (Lipinski definition) is 3. The van der Waals surface area contributed by atoms with E-state index in [1.54, 1.807) is 71.9 Å². The summed E-state index contributed by atoms with van der Waals surface area (Å²) in [6, 6.07) is 16.0. The number of hydrogen-bond acceptors (Lipinski definition) is 4. The van der Waals surface area contributed by atoms with E-state index in [0.717, 1.165) is 36.8 Å². The van der Waals surface area contributed by atoms with Crippen LogP contribution in [-0.4, -0.2) is 75.5 Å². The van der Waals surface area contributed by atoms with Gasteiger partial charge in [-0.15, -0.1) is 0 Å². The fraction of sp³-hybridized carbons (Fsp3) is 0.290. The first-order chi connectivity index (χ1) is 20.4. The van der Waals surface area contributed by atoms with Gasteiger partial charge in [-0.25, -0.2) is 4.79 Å². The van der Waals surface area contributed by atoms with Gasteiger partial charge in [-0.1, -0.05) is 23.7 Å². The van der Waals surface area contributed by atoms with E-state index in [1.807, 2.05) is 4.90 Å². The Hall–Kier alpha value is -4.57. The molecule has 2 aliphatic heterocycles. The van der Waals surface area contributed by atoms with Gasteiger partial charge in [0.05, 0.1) is 17.1 Å². The van der Waals surface area contributed by atoms with Crippen LogP contribution in [-0.2, 0) is 0 Å². The Kier molecular flexibility index (Phi) is 7.71. The minimum atomic E-state index is -0.512. The summed E-state index contributed by atoms with van der Waals surface area (Å²) in [7, 11) is 0. The highest BCUT2D eigenvalue weighted by molar-refractivity contribution is 6.35. The third kappa shape index (κ3) is 5.62. The molecule has 216 valence electrons. The average molecular weight is 587 g/mol. The maximum Gasteiger partial charge on any atom is 0.320 e. The van der Waals surface area contributed by atoms with Gasteiger partial charge in [0.1, 0.15) is 0 Å². The van der Waals surface area contributed by atoms with Gasteiger partial charge in [0.2, 0.25) is 0 Å². The van der Waals surface area contributed by atoms with Crippen LogP contribution in [0.4, 0.5) is 4.79 Å². The molecular weight excluding hydrogens is 556 g/mol. The lowest BCUT2D eigenvalue weighted by atomic mass is 9.98. The number of aromatic nitrogens is 2. The first-order valence-corrected chi connectivity index (χ1v) is 14.5. The van der Waals surface area contributed by atoms with Gasteiger partial charge >= 0.3 is 6.03 Å². The minimum Gasteiger partial charge on any atom is -0.360 e. The lowest BCUT2D eigenvalue weighted by Gasteiger charge is -2.40. The third-order valence-corrected chi connectivity index (χ3v) is 8.33. The van der Waals surface area contributed by atoms with Crippen LogP contribution in [0, 0.1) is 0 Å². The molecule has 2 saturated heterocycles. The van der Waals surface area contributed by atoms with Crippen molar-refractivity contribution in [1.29, 1.82) is 0 Å². The second-order valence-electron chi connectivity index (χ2n) is 10.7. The van der Waals surface area contributed by atoms with Crippen molar-refractivity contribution in [3.8, 4) is 5.69 Å². The summed E-state index contributed by atoms with van der Waals surface area (Å²) >= 11 is 6.19. The Balaban J connectivity index is 1.20. The SMILES string of the molecule is O=C(N[C@H]1CN(C(=O)N2CCCC2)CC[C@H]1NC(=O)c1ccc2c(Cl)c[nH]c2c1)c1ccc(-n2ccccc2=O)cc1. The molecule has 0 bridgehead atoms. The summed E-state index contributed by atoms with van der Waals surface area (Å²) in [6.45, 7) is 2.20. The number of nitrogens with zero attached hydrogens (tertiary/aromatic N) is 3. The molecule has 0 unspecified atom stereocenters. The highest BCUT2D eigenvalue weighted by Gasteiger charge is 2.36. The molecule has 0 saturated carbocycles. The van der Waals surface area contributed by atoms with Gasteiger partial charge < -0.3 is 25.4 Å². The number of H-pyrrole nitrogens is 1. The molecule has 2 aromatic carbocycles. The maximum absolute atomic E-state index is 13.4. The van der Waals surface area contributed by atoms with Crippen molar-refractivity contribution in [2.45, 2.75) is 31.3 Å². The number of carbonyl (C=O) groups is 3. The quantitative estimate of drug-likeness (QED) is 0.330. The van der Waals surface area contributed by atoms with E-state index in [1.165, 1.54) is 10.6 Å². The Morgan fingerprint density at radius 1 is 0.833 bits per heavy atom. The molecule has 6 rings (SSSR count). The summed E-state index contributed by atoms with van der Waals surface area (Å²) in [4.78, 5) is 58.7. The number of carbonyl (C=O) groups excluding carboxylic acids is 3. The molecule has 0 radical (unpaired) electrons. The Morgan fingerprint density at radius 3 is 2.31 bits per heavy atom. The second-order valence-corrected chi connectivity index (χ2v) is 11.1. The molecule has 10 nitrogen and oxygen atoms in total. The van der Waals surface area contributed by atoms with Crippen LogP contribution < -0.4 is 16.2 Å². The zero-order chi connectivity index (χ0) is 29.2. The number of piperidine rings is 1. The van der Waals surface area contributed by atoms with Gasteiger partial charge in [0.15, 0.2) is 0 Å². The lowest BCUT2D eigenvalue weighted by Crippen LogP contribution is -2.62. The predicted octanol–water partition coefficient (Wildman–Crippen LogP) is 3.79. The molecule has 11 heteroatoms.